The second kappa shape index (κ2) is 9.26. The molecular formula is C28H29FN4O3. The minimum atomic E-state index is -0.525. The molecule has 0 spiro atoms. The molecule has 2 fully saturated rings. The predicted molar refractivity (Wildman–Crippen MR) is 132 cm³/mol. The molecule has 6 rings (SSSR count). The third-order valence-electron chi connectivity index (χ3n) is 8.15. The molecule has 2 aliphatic heterocycles. The number of likely N-dealkylation sites (tertiary alicyclic amines) is 1. The van der Waals surface area contributed by atoms with Gasteiger partial charge >= 0.3 is 0 Å². The minimum Gasteiger partial charge on any atom is -0.396 e. The van der Waals surface area contributed by atoms with Gasteiger partial charge in [0.2, 0.25) is 5.91 Å². The van der Waals surface area contributed by atoms with Crippen molar-refractivity contribution in [2.45, 2.75) is 50.5 Å². The number of benzene rings is 1. The fourth-order valence-electron chi connectivity index (χ4n) is 6.19. The van der Waals surface area contributed by atoms with Crippen LogP contribution in [0.3, 0.4) is 0 Å². The molecule has 8 heteroatoms. The highest BCUT2D eigenvalue weighted by molar-refractivity contribution is 5.83. The van der Waals surface area contributed by atoms with E-state index in [1.165, 1.54) is 6.07 Å². The van der Waals surface area contributed by atoms with Crippen LogP contribution in [0, 0.1) is 17.7 Å². The summed E-state index contributed by atoms with van der Waals surface area (Å²) in [6, 6.07) is 15.0. The molecule has 1 aromatic carbocycles. The average Bonchev–Trinajstić information content (AvgIpc) is 3.38. The lowest BCUT2D eigenvalue weighted by Gasteiger charge is -2.34. The van der Waals surface area contributed by atoms with Crippen molar-refractivity contribution in [2.75, 3.05) is 6.61 Å². The second-order valence-electron chi connectivity index (χ2n) is 10.1. The number of nitrogens with zero attached hydrogens (tertiary/aromatic N) is 3. The van der Waals surface area contributed by atoms with Crippen LogP contribution in [0.4, 0.5) is 4.39 Å². The van der Waals surface area contributed by atoms with E-state index in [2.05, 4.69) is 15.2 Å². The van der Waals surface area contributed by atoms with E-state index in [-0.39, 0.29) is 47.6 Å². The van der Waals surface area contributed by atoms with Gasteiger partial charge < -0.3 is 15.0 Å². The number of hydrogen-bond donors (Lipinski definition) is 2. The van der Waals surface area contributed by atoms with Gasteiger partial charge in [-0.3, -0.25) is 19.5 Å². The Labute approximate surface area is 208 Å². The minimum absolute atomic E-state index is 0.0686. The van der Waals surface area contributed by atoms with Crippen molar-refractivity contribution in [1.82, 2.24) is 19.8 Å². The molecule has 36 heavy (non-hydrogen) atoms. The molecule has 2 aromatic heterocycles. The Balaban J connectivity index is 1.41. The number of rotatable bonds is 6. The molecule has 7 nitrogen and oxygen atoms in total. The van der Waals surface area contributed by atoms with Gasteiger partial charge in [0.05, 0.1) is 23.3 Å². The van der Waals surface area contributed by atoms with E-state index in [0.29, 0.717) is 18.7 Å². The van der Waals surface area contributed by atoms with Gasteiger partial charge in [-0.15, -0.1) is 0 Å². The number of aliphatic hydroxyl groups is 1. The number of hydrogen-bond acceptors (Lipinski definition) is 5. The highest BCUT2D eigenvalue weighted by Crippen LogP contribution is 2.50. The summed E-state index contributed by atoms with van der Waals surface area (Å²) in [5, 5.41) is 13.7. The summed E-state index contributed by atoms with van der Waals surface area (Å²) >= 11 is 0. The van der Waals surface area contributed by atoms with Crippen LogP contribution in [0.2, 0.25) is 0 Å². The Bertz CT molecular complexity index is 1340. The molecule has 4 atom stereocenters. The van der Waals surface area contributed by atoms with Crippen LogP contribution in [0.5, 0.6) is 0 Å². The zero-order valence-corrected chi connectivity index (χ0v) is 19.9. The highest BCUT2D eigenvalue weighted by Gasteiger charge is 2.55. The van der Waals surface area contributed by atoms with E-state index < -0.39 is 11.9 Å². The fourth-order valence-corrected chi connectivity index (χ4v) is 6.19. The SMILES string of the molecule is O=C(NC1CCC1)[C@H]1[C@H](CO)[C@H]2Cn3c(ccc(-c4ccccc4F)c3=O)[C@H]2N1Cc1ccccn1. The zero-order valence-electron chi connectivity index (χ0n) is 19.9. The lowest BCUT2D eigenvalue weighted by molar-refractivity contribution is -0.129. The fraction of sp³-hybridized carbons (Fsp3) is 0.393. The van der Waals surface area contributed by atoms with Gasteiger partial charge in [-0.1, -0.05) is 24.3 Å². The van der Waals surface area contributed by atoms with E-state index in [0.717, 1.165) is 30.7 Å². The number of fused-ring (bicyclic) bond motifs is 3. The second-order valence-corrected chi connectivity index (χ2v) is 10.1. The topological polar surface area (TPSA) is 87.5 Å². The molecule has 0 unspecified atom stereocenters. The lowest BCUT2D eigenvalue weighted by Crippen LogP contribution is -2.52. The zero-order chi connectivity index (χ0) is 24.8. The summed E-state index contributed by atoms with van der Waals surface area (Å²) in [6.45, 7) is 0.633. The van der Waals surface area contributed by atoms with Crippen LogP contribution in [0.15, 0.2) is 65.6 Å². The van der Waals surface area contributed by atoms with E-state index in [4.69, 9.17) is 0 Å². The Morgan fingerprint density at radius 3 is 2.58 bits per heavy atom. The number of aliphatic hydroxyl groups excluding tert-OH is 1. The largest absolute Gasteiger partial charge is 0.396 e. The first-order valence-electron chi connectivity index (χ1n) is 12.6. The number of carbonyl (C=O) groups excluding carboxylic acids is 1. The molecule has 1 amide bonds. The van der Waals surface area contributed by atoms with Crippen molar-refractivity contribution in [1.29, 1.82) is 0 Å². The van der Waals surface area contributed by atoms with Gasteiger partial charge in [0, 0.05) is 55.0 Å². The van der Waals surface area contributed by atoms with Gasteiger partial charge in [0.15, 0.2) is 0 Å². The molecular weight excluding hydrogens is 459 g/mol. The summed E-state index contributed by atoms with van der Waals surface area (Å²) in [5.74, 6) is -0.971. The number of carbonyl (C=O) groups is 1. The van der Waals surface area contributed by atoms with Gasteiger partial charge in [-0.25, -0.2) is 4.39 Å². The third-order valence-corrected chi connectivity index (χ3v) is 8.15. The molecule has 1 saturated heterocycles. The third kappa shape index (κ3) is 3.76. The highest BCUT2D eigenvalue weighted by atomic mass is 19.1. The summed E-state index contributed by atoms with van der Waals surface area (Å²) in [7, 11) is 0. The first-order valence-corrected chi connectivity index (χ1v) is 12.6. The number of halogens is 1. The van der Waals surface area contributed by atoms with Crippen LogP contribution in [0.25, 0.3) is 11.1 Å². The van der Waals surface area contributed by atoms with Crippen LogP contribution in [0.1, 0.15) is 36.7 Å². The molecule has 4 heterocycles. The van der Waals surface area contributed by atoms with Crippen LogP contribution in [-0.2, 0) is 17.9 Å². The molecule has 3 aromatic rings. The van der Waals surface area contributed by atoms with Gasteiger partial charge in [0.25, 0.3) is 5.56 Å². The summed E-state index contributed by atoms with van der Waals surface area (Å²) in [4.78, 5) is 33.6. The van der Waals surface area contributed by atoms with Crippen LogP contribution >= 0.6 is 0 Å². The average molecular weight is 489 g/mol. The van der Waals surface area contributed by atoms with Crippen molar-refractivity contribution >= 4 is 5.91 Å². The van der Waals surface area contributed by atoms with Crippen molar-refractivity contribution in [3.63, 3.8) is 0 Å². The summed E-state index contributed by atoms with van der Waals surface area (Å²) < 4.78 is 16.2. The molecule has 3 aliphatic rings. The number of nitrogens with one attached hydrogen (secondary N) is 1. The van der Waals surface area contributed by atoms with E-state index >= 15 is 0 Å². The summed E-state index contributed by atoms with van der Waals surface area (Å²) in [5.41, 5.74) is 1.94. The van der Waals surface area contributed by atoms with Gasteiger partial charge in [-0.05, 0) is 49.6 Å². The normalized spacial score (nSPS) is 25.3. The molecule has 1 saturated carbocycles. The number of aromatic nitrogens is 2. The number of pyridine rings is 2. The lowest BCUT2D eigenvalue weighted by atomic mass is 9.87. The summed E-state index contributed by atoms with van der Waals surface area (Å²) in [6.07, 6.45) is 4.80. The van der Waals surface area contributed by atoms with Crippen molar-refractivity contribution in [3.05, 3.63) is 88.4 Å². The van der Waals surface area contributed by atoms with Gasteiger partial charge in [-0.2, -0.15) is 0 Å². The maximum atomic E-state index is 14.5. The van der Waals surface area contributed by atoms with E-state index in [1.807, 2.05) is 24.3 Å². The maximum absolute atomic E-state index is 14.5. The molecule has 1 aliphatic carbocycles. The Kier molecular flexibility index (Phi) is 5.93. The molecule has 0 bridgehead atoms. The monoisotopic (exact) mass is 488 g/mol. The maximum Gasteiger partial charge on any atom is 0.258 e. The Morgan fingerprint density at radius 1 is 1.08 bits per heavy atom. The van der Waals surface area contributed by atoms with E-state index in [1.54, 1.807) is 35.0 Å². The van der Waals surface area contributed by atoms with Crippen LogP contribution < -0.4 is 10.9 Å². The first-order chi connectivity index (χ1) is 17.6. The molecule has 0 radical (unpaired) electrons. The van der Waals surface area contributed by atoms with Crippen molar-refractivity contribution in [3.8, 4) is 11.1 Å². The quantitative estimate of drug-likeness (QED) is 0.557. The predicted octanol–water partition coefficient (Wildman–Crippen LogP) is 2.88. The Hall–Kier alpha value is -3.36. The van der Waals surface area contributed by atoms with Crippen molar-refractivity contribution < 1.29 is 14.3 Å². The molecule has 2 N–H and O–H groups in total. The number of amides is 1. The smallest absolute Gasteiger partial charge is 0.258 e. The molecule has 186 valence electrons. The van der Waals surface area contributed by atoms with Crippen molar-refractivity contribution in [2.24, 2.45) is 11.8 Å². The van der Waals surface area contributed by atoms with Crippen LogP contribution in [-0.4, -0.2) is 44.2 Å². The first kappa shape index (κ1) is 23.1. The Morgan fingerprint density at radius 2 is 1.89 bits per heavy atom. The van der Waals surface area contributed by atoms with Gasteiger partial charge in [0.1, 0.15) is 5.82 Å². The van der Waals surface area contributed by atoms with E-state index in [9.17, 15) is 19.1 Å². The standard InChI is InChI=1S/C28H29FN4O3/c29-23-10-2-1-9-19(23)20-11-12-24-25-21(15-32(24)28(20)36)22(16-34)26(27(35)31-17-7-5-8-17)33(25)14-18-6-3-4-13-30-18/h1-4,6,9-13,17,21-22,25-26,34H,5,7-8,14-16H2,(H,31,35)/t21-,22-,25+,26-/m1/s1.